The summed E-state index contributed by atoms with van der Waals surface area (Å²) in [4.78, 5) is 100. The number of allylic oxidation sites excluding steroid dienone is 4. The van der Waals surface area contributed by atoms with Crippen molar-refractivity contribution in [3.63, 3.8) is 0 Å². The molecular formula is C66H83NO16. The van der Waals surface area contributed by atoms with E-state index in [1.807, 2.05) is 0 Å². The number of nitrogens with one attached hydrogen (secondary N) is 1. The van der Waals surface area contributed by atoms with Gasteiger partial charge in [-0.2, -0.15) is 0 Å². The molecule has 0 unspecified atom stereocenters. The number of hydrogen-bond acceptors (Lipinski definition) is 16. The molecule has 11 atom stereocenters. The number of ketones is 1. The van der Waals surface area contributed by atoms with Gasteiger partial charge in [-0.25, -0.2) is 14.4 Å². The predicted octanol–water partition coefficient (Wildman–Crippen LogP) is 10.7. The molecule has 1 amide bonds. The van der Waals surface area contributed by atoms with Crippen LogP contribution in [0.4, 0.5) is 4.79 Å². The van der Waals surface area contributed by atoms with Gasteiger partial charge in [-0.15, -0.1) is 0 Å². The van der Waals surface area contributed by atoms with E-state index in [1.54, 1.807) is 92.7 Å². The molecule has 4 aliphatic rings. The number of amides is 1. The maximum Gasteiger partial charge on any atom is 0.508 e. The van der Waals surface area contributed by atoms with E-state index >= 15 is 4.79 Å². The minimum atomic E-state index is -2.48. The topological polar surface area (TPSA) is 237 Å². The van der Waals surface area contributed by atoms with Crippen molar-refractivity contribution in [1.82, 2.24) is 5.32 Å². The molecule has 17 nitrogen and oxygen atoms in total. The van der Waals surface area contributed by atoms with Crippen molar-refractivity contribution < 1.29 is 76.9 Å². The molecule has 1 aliphatic heterocycles. The molecule has 3 aromatic rings. The van der Waals surface area contributed by atoms with Crippen molar-refractivity contribution in [2.75, 3.05) is 13.2 Å². The molecule has 17 heteroatoms. The zero-order chi connectivity index (χ0) is 60.0. The smallest absolute Gasteiger partial charge is 0.456 e. The van der Waals surface area contributed by atoms with E-state index in [4.69, 9.17) is 33.2 Å². The van der Waals surface area contributed by atoms with Crippen LogP contribution in [0.25, 0.3) is 0 Å². The van der Waals surface area contributed by atoms with E-state index in [9.17, 15) is 39.0 Å². The van der Waals surface area contributed by atoms with Gasteiger partial charge in [0.15, 0.2) is 23.6 Å². The summed E-state index contributed by atoms with van der Waals surface area (Å²) in [6.07, 6.45) is 9.05. The van der Waals surface area contributed by atoms with Crippen LogP contribution in [0.5, 0.6) is 0 Å². The third kappa shape index (κ3) is 14.4. The van der Waals surface area contributed by atoms with Crippen molar-refractivity contribution in [3.05, 3.63) is 143 Å². The number of carbonyl (C=O) groups excluding carboxylic acids is 7. The highest BCUT2D eigenvalue weighted by Gasteiger charge is 2.79. The predicted molar refractivity (Wildman–Crippen MR) is 307 cm³/mol. The van der Waals surface area contributed by atoms with E-state index < -0.39 is 119 Å². The maximum absolute atomic E-state index is 16.3. The SMILES string of the molecule is CCCCC/C=C\C/C=C\CCCCCCCCOC(=O)O[C@H]1C[C@H]2OC[C@@]2(OC(C)=O)[C@H]2[C@H](OC(=O)c3ccccc3)[C@]3(O)C[C@H](OC(=O)[C@H](O)[C@@H](NC(=O)c4ccccc4)c4ccccc4)C(C)=C([C@@H](OC(C)=O)C(=O)[C@]12C)C3(C)C. The van der Waals surface area contributed by atoms with Gasteiger partial charge in [0.05, 0.1) is 36.2 Å². The lowest BCUT2D eigenvalue weighted by Gasteiger charge is -2.67. The van der Waals surface area contributed by atoms with E-state index in [2.05, 4.69) is 36.5 Å². The molecule has 3 N–H and O–H groups in total. The van der Waals surface area contributed by atoms with Crippen LogP contribution in [-0.2, 0) is 52.3 Å². The fourth-order valence-corrected chi connectivity index (χ4v) is 12.7. The van der Waals surface area contributed by atoms with Crippen molar-refractivity contribution in [2.24, 2.45) is 16.7 Å². The Morgan fingerprint density at radius 2 is 1.33 bits per heavy atom. The Morgan fingerprint density at radius 1 is 0.735 bits per heavy atom. The number of unbranched alkanes of at least 4 members (excludes halogenated alkanes) is 9. The molecule has 448 valence electrons. The van der Waals surface area contributed by atoms with Crippen molar-refractivity contribution in [3.8, 4) is 0 Å². The van der Waals surface area contributed by atoms with Gasteiger partial charge in [-0.05, 0) is 93.3 Å². The average Bonchev–Trinajstić information content (AvgIpc) is 0.824. The number of benzene rings is 3. The lowest BCUT2D eigenvalue weighted by Crippen LogP contribution is -2.82. The molecule has 0 aromatic heterocycles. The highest BCUT2D eigenvalue weighted by molar-refractivity contribution is 5.96. The van der Waals surface area contributed by atoms with Crippen LogP contribution in [0.2, 0.25) is 0 Å². The third-order valence-corrected chi connectivity index (χ3v) is 17.3. The molecule has 0 radical (unpaired) electrons. The molecule has 3 aromatic carbocycles. The number of aliphatic hydroxyl groups excluding tert-OH is 1. The Morgan fingerprint density at radius 3 is 1.92 bits per heavy atom. The summed E-state index contributed by atoms with van der Waals surface area (Å²) in [6.45, 7) is 10.2. The third-order valence-electron chi connectivity index (χ3n) is 17.3. The summed E-state index contributed by atoms with van der Waals surface area (Å²) < 4.78 is 43.1. The number of aliphatic hydroxyl groups is 2. The van der Waals surface area contributed by atoms with Gasteiger partial charge < -0.3 is 48.7 Å². The van der Waals surface area contributed by atoms with Crippen LogP contribution in [0, 0.1) is 16.7 Å². The van der Waals surface area contributed by atoms with Crippen LogP contribution >= 0.6 is 0 Å². The molecular weight excluding hydrogens is 1060 g/mol. The first-order valence-electron chi connectivity index (χ1n) is 29.4. The summed E-state index contributed by atoms with van der Waals surface area (Å²) in [5.41, 5.74) is -7.53. The Hall–Kier alpha value is -6.95. The van der Waals surface area contributed by atoms with Crippen LogP contribution in [0.1, 0.15) is 171 Å². The standard InChI is InChI=1S/C66H83NO16/c1-8-9-10-11-12-13-14-15-16-17-18-19-20-21-22-32-39-77-62(75)81-50-40-51-65(42-78-51,83-45(4)69)56-58(82-60(73)48-37-30-25-31-38-48)66(76)41-49(43(2)52(63(66,5)6)55(79-44(3)68)57(71)64(50,56)7)80-61(74)54(70)53(46-33-26-23-27-34-46)67-59(72)47-35-28-24-29-36-47/h12-13,15-16,23-31,33-38,49-51,53-56,58,70,76H,8-11,14,17-22,32,39-42H2,1-7H3,(H,67,72)/b13-12-,16-15-/t49-,50-,51+,53-,54+,55+,56-,58-,64+,65-,66+/m0/s1. The van der Waals surface area contributed by atoms with Gasteiger partial charge >= 0.3 is 30.0 Å². The summed E-state index contributed by atoms with van der Waals surface area (Å²) in [6, 6.07) is 22.9. The van der Waals surface area contributed by atoms with E-state index in [-0.39, 0.29) is 41.9 Å². The quantitative estimate of drug-likeness (QED) is 0.0293. The van der Waals surface area contributed by atoms with Gasteiger partial charge in [-0.3, -0.25) is 19.2 Å². The van der Waals surface area contributed by atoms with E-state index in [1.165, 1.54) is 45.2 Å². The second kappa shape index (κ2) is 28.6. The molecule has 2 bridgehead atoms. The summed E-state index contributed by atoms with van der Waals surface area (Å²) in [5, 5.41) is 28.9. The minimum Gasteiger partial charge on any atom is -0.456 e. The minimum absolute atomic E-state index is 0.000634. The second-order valence-corrected chi connectivity index (χ2v) is 23.1. The first kappa shape index (κ1) is 63.6. The van der Waals surface area contributed by atoms with Crippen molar-refractivity contribution >= 4 is 41.7 Å². The number of ether oxygens (including phenoxy) is 7. The molecule has 1 saturated heterocycles. The van der Waals surface area contributed by atoms with E-state index in [0.29, 0.717) is 12.0 Å². The van der Waals surface area contributed by atoms with Gasteiger partial charge in [0.25, 0.3) is 5.91 Å². The largest absolute Gasteiger partial charge is 0.508 e. The summed E-state index contributed by atoms with van der Waals surface area (Å²) >= 11 is 0. The summed E-state index contributed by atoms with van der Waals surface area (Å²) in [7, 11) is 0. The van der Waals surface area contributed by atoms with E-state index in [0.717, 1.165) is 65.2 Å². The Balaban J connectivity index is 1.20. The van der Waals surface area contributed by atoms with Gasteiger partial charge in [0.1, 0.15) is 30.0 Å². The monoisotopic (exact) mass is 1150 g/mol. The lowest BCUT2D eigenvalue weighted by molar-refractivity contribution is -0.346. The maximum atomic E-state index is 16.3. The average molecular weight is 1150 g/mol. The first-order chi connectivity index (χ1) is 39.7. The van der Waals surface area contributed by atoms with Crippen LogP contribution < -0.4 is 5.32 Å². The molecule has 0 spiro atoms. The fraction of sp³-hybridized carbons (Fsp3) is 0.530. The molecule has 83 heavy (non-hydrogen) atoms. The van der Waals surface area contributed by atoms with Crippen LogP contribution in [0.3, 0.4) is 0 Å². The highest BCUT2D eigenvalue weighted by atomic mass is 16.7. The number of carbonyl (C=O) groups is 7. The molecule has 3 fully saturated rings. The highest BCUT2D eigenvalue weighted by Crippen LogP contribution is 2.65. The number of hydrogen-bond donors (Lipinski definition) is 3. The Bertz CT molecular complexity index is 2830. The number of rotatable bonds is 26. The lowest BCUT2D eigenvalue weighted by atomic mass is 9.44. The van der Waals surface area contributed by atoms with Crippen LogP contribution in [-0.4, -0.2) is 113 Å². The molecule has 2 saturated carbocycles. The molecule has 3 aliphatic carbocycles. The van der Waals surface area contributed by atoms with Crippen LogP contribution in [0.15, 0.2) is 126 Å². The number of esters is 4. The summed E-state index contributed by atoms with van der Waals surface area (Å²) in [5.74, 6) is -7.10. The van der Waals surface area contributed by atoms with Gasteiger partial charge in [0.2, 0.25) is 0 Å². The van der Waals surface area contributed by atoms with Crippen molar-refractivity contribution in [1.29, 1.82) is 0 Å². The number of Topliss-reactive ketones (excluding diaryl/α,β-unsaturated/α-hetero) is 1. The molecule has 1 heterocycles. The normalized spacial score (nSPS) is 26.9. The second-order valence-electron chi connectivity index (χ2n) is 23.1. The van der Waals surface area contributed by atoms with Crippen molar-refractivity contribution in [2.45, 2.75) is 192 Å². The first-order valence-corrected chi connectivity index (χ1v) is 29.4. The Kier molecular flexibility index (Phi) is 21.9. The number of fused-ring (bicyclic) bond motifs is 5. The van der Waals surface area contributed by atoms with Gasteiger partial charge in [-0.1, -0.05) is 150 Å². The Labute approximate surface area is 487 Å². The zero-order valence-corrected chi connectivity index (χ0v) is 49.0. The zero-order valence-electron chi connectivity index (χ0n) is 49.0. The molecule has 7 rings (SSSR count). The fourth-order valence-electron chi connectivity index (χ4n) is 12.7. The van der Waals surface area contributed by atoms with Gasteiger partial charge in [0, 0.05) is 37.7 Å².